The van der Waals surface area contributed by atoms with Gasteiger partial charge in [-0.25, -0.2) is 0 Å². The smallest absolute Gasteiger partial charge is 0.164 e. The Balaban J connectivity index is 1.63. The summed E-state index contributed by atoms with van der Waals surface area (Å²) in [5.41, 5.74) is 2.33. The van der Waals surface area contributed by atoms with Gasteiger partial charge in [0, 0.05) is 6.07 Å². The summed E-state index contributed by atoms with van der Waals surface area (Å²) in [4.78, 5) is 3.10. The van der Waals surface area contributed by atoms with Crippen molar-refractivity contribution in [1.29, 1.82) is 0 Å². The monoisotopic (exact) mass is 418 g/mol. The third kappa shape index (κ3) is 5.09. The molecule has 7 heteroatoms. The van der Waals surface area contributed by atoms with Gasteiger partial charge in [0.1, 0.15) is 56.5 Å². The summed E-state index contributed by atoms with van der Waals surface area (Å²) >= 11 is 0. The average Bonchev–Trinajstić information content (AvgIpc) is 2.79. The quantitative estimate of drug-likeness (QED) is 0.610. The molecule has 7 nitrogen and oxygen atoms in total. The Kier molecular flexibility index (Phi) is 7.65. The molecule has 2 aromatic carbocycles. The molecule has 0 aromatic heterocycles. The first-order chi connectivity index (χ1) is 14.6. The van der Waals surface area contributed by atoms with Crippen LogP contribution in [0.15, 0.2) is 30.3 Å². The first-order valence-electron chi connectivity index (χ1n) is 10.3. The lowest BCUT2D eigenvalue weighted by molar-refractivity contribution is -1.02. The molecule has 0 radical (unpaired) electrons. The van der Waals surface area contributed by atoms with E-state index in [0.29, 0.717) is 5.75 Å². The Labute approximate surface area is 179 Å². The van der Waals surface area contributed by atoms with Crippen molar-refractivity contribution >= 4 is 0 Å². The van der Waals surface area contributed by atoms with E-state index < -0.39 is 0 Å². The summed E-state index contributed by atoms with van der Waals surface area (Å²) in [6.07, 6.45) is 0. The second-order valence-corrected chi connectivity index (χ2v) is 7.55. The van der Waals surface area contributed by atoms with Crippen LogP contribution in [0, 0.1) is 0 Å². The fourth-order valence-corrected chi connectivity index (χ4v) is 4.10. The van der Waals surface area contributed by atoms with Crippen molar-refractivity contribution in [1.82, 2.24) is 0 Å². The van der Waals surface area contributed by atoms with E-state index in [0.717, 1.165) is 67.8 Å². The Morgan fingerprint density at radius 2 is 1.07 bits per heavy atom. The van der Waals surface area contributed by atoms with Gasteiger partial charge < -0.3 is 33.5 Å². The van der Waals surface area contributed by atoms with Gasteiger partial charge in [-0.3, -0.25) is 0 Å². The molecule has 0 atom stereocenters. The second kappa shape index (κ2) is 10.4. The highest BCUT2D eigenvalue weighted by molar-refractivity contribution is 5.50. The molecule has 1 aliphatic heterocycles. The van der Waals surface area contributed by atoms with Crippen molar-refractivity contribution in [3.8, 4) is 28.7 Å². The summed E-state index contributed by atoms with van der Waals surface area (Å²) < 4.78 is 27.4. The van der Waals surface area contributed by atoms with E-state index in [2.05, 4.69) is 6.07 Å². The predicted molar refractivity (Wildman–Crippen MR) is 114 cm³/mol. The third-order valence-electron chi connectivity index (χ3n) is 5.82. The summed E-state index contributed by atoms with van der Waals surface area (Å²) in [5, 5.41) is 0. The molecule has 3 rings (SSSR count). The molecule has 0 saturated carbocycles. The average molecular weight is 419 g/mol. The zero-order valence-electron chi connectivity index (χ0n) is 18.7. The van der Waals surface area contributed by atoms with Gasteiger partial charge in [0.15, 0.2) is 11.5 Å². The molecule has 2 aromatic rings. The molecule has 164 valence electrons. The van der Waals surface area contributed by atoms with Gasteiger partial charge in [0.05, 0.1) is 46.7 Å². The number of hydrogen-bond donors (Lipinski definition) is 2. The molecule has 0 spiro atoms. The van der Waals surface area contributed by atoms with E-state index >= 15 is 0 Å². The number of nitrogens with one attached hydrogen (secondary N) is 2. The summed E-state index contributed by atoms with van der Waals surface area (Å²) in [6, 6.07) is 9.95. The number of benzene rings is 2. The summed E-state index contributed by atoms with van der Waals surface area (Å²) in [6.45, 7) is 6.24. The molecule has 1 heterocycles. The van der Waals surface area contributed by atoms with Crippen molar-refractivity contribution in [2.75, 3.05) is 61.7 Å². The number of hydrogen-bond acceptors (Lipinski definition) is 5. The van der Waals surface area contributed by atoms with Gasteiger partial charge in [-0.15, -0.1) is 0 Å². The van der Waals surface area contributed by atoms with Crippen molar-refractivity contribution in [3.63, 3.8) is 0 Å². The van der Waals surface area contributed by atoms with Crippen LogP contribution in [0.2, 0.25) is 0 Å². The van der Waals surface area contributed by atoms with Gasteiger partial charge in [-0.2, -0.15) is 0 Å². The molecular weight excluding hydrogens is 384 g/mol. The minimum atomic E-state index is 0.689. The minimum absolute atomic E-state index is 0.689. The van der Waals surface area contributed by atoms with Gasteiger partial charge in [-0.1, -0.05) is 0 Å². The maximum Gasteiger partial charge on any atom is 0.164 e. The van der Waals surface area contributed by atoms with E-state index in [1.54, 1.807) is 45.3 Å². The number of methoxy groups -OCH3 is 5. The Morgan fingerprint density at radius 1 is 0.567 bits per heavy atom. The van der Waals surface area contributed by atoms with Crippen LogP contribution in [0.25, 0.3) is 0 Å². The largest absolute Gasteiger partial charge is 0.497 e. The zero-order valence-corrected chi connectivity index (χ0v) is 18.7. The molecule has 0 aliphatic carbocycles. The number of piperazine rings is 1. The Bertz CT molecular complexity index is 835. The van der Waals surface area contributed by atoms with E-state index in [4.69, 9.17) is 23.7 Å². The molecule has 2 N–H and O–H groups in total. The highest BCUT2D eigenvalue weighted by atomic mass is 16.5. The molecule has 30 heavy (non-hydrogen) atoms. The van der Waals surface area contributed by atoms with E-state index in [-0.39, 0.29) is 0 Å². The van der Waals surface area contributed by atoms with Crippen LogP contribution < -0.4 is 33.5 Å². The van der Waals surface area contributed by atoms with E-state index in [1.807, 2.05) is 24.3 Å². The highest BCUT2D eigenvalue weighted by Gasteiger charge is 2.26. The lowest BCUT2D eigenvalue weighted by Gasteiger charge is -2.30. The SMILES string of the molecule is COc1ccc(OC)c(C[NH+]2CC[NH+](Cc3cc(OC)c(OC)cc3OC)CC2)c1. The van der Waals surface area contributed by atoms with Crippen molar-refractivity contribution in [3.05, 3.63) is 41.5 Å². The molecule has 0 amide bonds. The summed E-state index contributed by atoms with van der Waals surface area (Å²) in [7, 11) is 8.42. The standard InChI is InChI=1S/C23H32N2O5/c1-26-19-6-7-20(27-2)17(12-19)15-24-8-10-25(11-9-24)16-18-13-22(29-4)23(30-5)14-21(18)28-3/h6-7,12-14H,8-11,15-16H2,1-5H3/p+2. The Hall–Kier alpha value is -2.64. The van der Waals surface area contributed by atoms with E-state index in [1.165, 1.54) is 5.56 Å². The molecular formula is C23H34N2O5+2. The van der Waals surface area contributed by atoms with Gasteiger partial charge in [-0.05, 0) is 24.3 Å². The van der Waals surface area contributed by atoms with Crippen LogP contribution in [-0.4, -0.2) is 61.7 Å². The number of rotatable bonds is 9. The van der Waals surface area contributed by atoms with Crippen LogP contribution in [0.5, 0.6) is 28.7 Å². The Morgan fingerprint density at radius 3 is 1.57 bits per heavy atom. The fourth-order valence-electron chi connectivity index (χ4n) is 4.10. The molecule has 1 saturated heterocycles. The topological polar surface area (TPSA) is 55.0 Å². The van der Waals surface area contributed by atoms with Crippen molar-refractivity contribution in [2.24, 2.45) is 0 Å². The van der Waals surface area contributed by atoms with Gasteiger partial charge in [0.25, 0.3) is 0 Å². The maximum absolute atomic E-state index is 5.60. The molecule has 1 fully saturated rings. The number of quaternary nitrogens is 2. The lowest BCUT2D eigenvalue weighted by Crippen LogP contribution is -3.27. The first-order valence-corrected chi connectivity index (χ1v) is 10.3. The van der Waals surface area contributed by atoms with Gasteiger partial charge >= 0.3 is 0 Å². The summed E-state index contributed by atoms with van der Waals surface area (Å²) in [5.74, 6) is 4.07. The van der Waals surface area contributed by atoms with Crippen LogP contribution in [0.3, 0.4) is 0 Å². The predicted octanol–water partition coefficient (Wildman–Crippen LogP) is 0.213. The highest BCUT2D eigenvalue weighted by Crippen LogP contribution is 2.34. The third-order valence-corrected chi connectivity index (χ3v) is 5.82. The number of ether oxygens (including phenoxy) is 5. The zero-order chi connectivity index (χ0) is 21.5. The van der Waals surface area contributed by atoms with Gasteiger partial charge in [0.2, 0.25) is 0 Å². The first kappa shape index (κ1) is 22.1. The normalized spacial score (nSPS) is 18.6. The van der Waals surface area contributed by atoms with Crippen LogP contribution in [0.4, 0.5) is 0 Å². The van der Waals surface area contributed by atoms with Crippen molar-refractivity contribution in [2.45, 2.75) is 13.1 Å². The maximum atomic E-state index is 5.60. The molecule has 0 unspecified atom stereocenters. The van der Waals surface area contributed by atoms with Crippen molar-refractivity contribution < 1.29 is 33.5 Å². The lowest BCUT2D eigenvalue weighted by atomic mass is 10.1. The molecule has 1 aliphatic rings. The molecule has 0 bridgehead atoms. The second-order valence-electron chi connectivity index (χ2n) is 7.55. The van der Waals surface area contributed by atoms with E-state index in [9.17, 15) is 0 Å². The van der Waals surface area contributed by atoms with Crippen LogP contribution in [-0.2, 0) is 13.1 Å². The fraction of sp³-hybridized carbons (Fsp3) is 0.478. The van der Waals surface area contributed by atoms with Crippen LogP contribution >= 0.6 is 0 Å². The minimum Gasteiger partial charge on any atom is -0.497 e. The van der Waals surface area contributed by atoms with Crippen LogP contribution in [0.1, 0.15) is 11.1 Å².